The van der Waals surface area contributed by atoms with E-state index in [4.69, 9.17) is 60.3 Å². The molecule has 0 bridgehead atoms. The highest BCUT2D eigenvalue weighted by Gasteiger charge is 2.37. The highest BCUT2D eigenvalue weighted by molar-refractivity contribution is 6.20. The number of ketones is 1. The average Bonchev–Trinajstić information content (AvgIpc) is 1.32. The first-order chi connectivity index (χ1) is 49.7. The minimum atomic E-state index is -1.12. The predicted octanol–water partition coefficient (Wildman–Crippen LogP) is 6.35. The maximum Gasteiger partial charge on any atom is 0.415 e. The summed E-state index contributed by atoms with van der Waals surface area (Å²) in [5, 5.41) is 30.7. The van der Waals surface area contributed by atoms with Crippen LogP contribution < -0.4 is 41.4 Å². The fourth-order valence-electron chi connectivity index (χ4n) is 11.2. The van der Waals surface area contributed by atoms with Crippen LogP contribution in [0.2, 0.25) is 0 Å². The van der Waals surface area contributed by atoms with Gasteiger partial charge in [0.15, 0.2) is 12.5 Å². The number of nitrogens with zero attached hydrogens (tertiary/aromatic N) is 5. The van der Waals surface area contributed by atoms with Crippen LogP contribution in [0.15, 0.2) is 103 Å². The van der Waals surface area contributed by atoms with Crippen molar-refractivity contribution in [3.63, 3.8) is 0 Å². The van der Waals surface area contributed by atoms with Gasteiger partial charge in [-0.05, 0) is 96.3 Å². The number of imide groups is 1. The summed E-state index contributed by atoms with van der Waals surface area (Å²) >= 11 is 6.69. The second kappa shape index (κ2) is 39.2. The van der Waals surface area contributed by atoms with Gasteiger partial charge in [0.1, 0.15) is 36.2 Å². The molecular formula is C71H86ClN11O20. The third-order valence-electron chi connectivity index (χ3n) is 16.6. The highest BCUT2D eigenvalue weighted by atomic mass is 35.5. The quantitative estimate of drug-likeness (QED) is 0.0118. The van der Waals surface area contributed by atoms with Crippen LogP contribution in [-0.4, -0.2) is 226 Å². The second-order valence-corrected chi connectivity index (χ2v) is 24.6. The molecule has 0 saturated heterocycles. The molecule has 2 aliphatic heterocycles. The van der Waals surface area contributed by atoms with Crippen molar-refractivity contribution in [3.8, 4) is 11.5 Å². The zero-order valence-corrected chi connectivity index (χ0v) is 58.4. The Morgan fingerprint density at radius 1 is 0.786 bits per heavy atom. The Hall–Kier alpha value is -10.3. The van der Waals surface area contributed by atoms with Crippen LogP contribution in [0.25, 0.3) is 21.7 Å². The van der Waals surface area contributed by atoms with Crippen LogP contribution in [0.4, 0.5) is 36.4 Å². The monoisotopic (exact) mass is 1450 g/mol. The normalized spacial score (nSPS) is 13.8. The molecule has 0 radical (unpaired) electrons. The molecule has 31 nitrogen and oxygen atoms in total. The Morgan fingerprint density at radius 3 is 2.14 bits per heavy atom. The van der Waals surface area contributed by atoms with Crippen molar-refractivity contribution in [1.82, 2.24) is 35.3 Å². The van der Waals surface area contributed by atoms with E-state index in [9.17, 15) is 53.1 Å². The molecule has 8 rings (SSSR count). The van der Waals surface area contributed by atoms with Gasteiger partial charge in [-0.3, -0.25) is 28.8 Å². The van der Waals surface area contributed by atoms with E-state index >= 15 is 0 Å². The summed E-state index contributed by atoms with van der Waals surface area (Å²) in [6.45, 7) is 6.67. The standard InChI is InChI=1S/C71H86ClN11O20/c1-44(2)64(79-69(93)102-43-83-60(87)18-19-61(83)88)57(86)36-48(8-6-20-74-68(73)92)66(90)76-51-14-10-46(11-15-51)42-101-70(94)80(4)21-22-81(23-26-96-27-24-84)71(95)103-58-38-56-63(62-45(3)7-5-9-53(58)62)50(39-72)41-82(56)67(91)54-35-49-37-59(75-40-55(49)77-54)78-65(89)47-12-16-52(17-13-47)100-34-33-99-32-31-98-30-29-97-28-25-85/h5,7,9-19,35,37-38,40,44,48,50,64,77,84-85H,6,8,20-34,36,39,41-43H2,1-4H3,(H,76,90)(H,79,93)(H3,73,74,92)(H,75,78,89)/t48-,50-,64+/m1/s1. The molecule has 552 valence electrons. The number of aliphatic hydroxyl groups excluding tert-OH is 2. The lowest BCUT2D eigenvalue weighted by Gasteiger charge is -2.26. The van der Waals surface area contributed by atoms with E-state index in [1.54, 1.807) is 85.5 Å². The number of aliphatic hydroxyl groups is 2. The van der Waals surface area contributed by atoms with E-state index in [0.717, 1.165) is 28.7 Å². The van der Waals surface area contributed by atoms with Gasteiger partial charge in [0.25, 0.3) is 23.6 Å². The molecule has 0 fully saturated rings. The summed E-state index contributed by atoms with van der Waals surface area (Å²) in [6.07, 6.45) is 1.02. The molecule has 0 unspecified atom stereocenters. The smallest absolute Gasteiger partial charge is 0.415 e. The number of nitrogens with two attached hydrogens (primary N) is 1. The lowest BCUT2D eigenvalue weighted by molar-refractivity contribution is -0.141. The number of Topliss-reactive ketones (excluding diaryl/α,β-unsaturated/α-hetero) is 1. The number of hydrogen-bond donors (Lipinski definition) is 8. The largest absolute Gasteiger partial charge is 0.491 e. The summed E-state index contributed by atoms with van der Waals surface area (Å²) in [7, 11) is 1.49. The number of rotatable bonds is 40. The number of urea groups is 1. The topological polar surface area (TPSA) is 401 Å². The molecule has 4 aromatic carbocycles. The van der Waals surface area contributed by atoms with Crippen molar-refractivity contribution in [3.05, 3.63) is 131 Å². The number of ether oxygens (including phenoxy) is 8. The first kappa shape index (κ1) is 78.4. The SMILES string of the molecule is Cc1cccc2c(OC(=O)N(CCOCCO)CCN(C)C(=O)OCc3ccc(NC(=O)[C@H](CCCNC(N)=O)CC(=O)[C@@H](NC(=O)OCN4C(=O)C=CC4=O)C(C)C)cc3)cc3c(c12)[C@H](CCl)CN3C(=O)c1cc2cc(NC(=O)c3ccc(OCCOCCOCCOCCO)cc3)ncc2[nH]1. The molecule has 0 saturated carbocycles. The predicted molar refractivity (Wildman–Crippen MR) is 377 cm³/mol. The van der Waals surface area contributed by atoms with Crippen molar-refractivity contribution in [2.45, 2.75) is 58.6 Å². The maximum atomic E-state index is 14.8. The number of primary amides is 1. The van der Waals surface area contributed by atoms with Crippen molar-refractivity contribution in [2.24, 2.45) is 17.6 Å². The molecular weight excluding hydrogens is 1360 g/mol. The Balaban J connectivity index is 0.865. The van der Waals surface area contributed by atoms with Crippen molar-refractivity contribution >= 4 is 110 Å². The number of aryl methyl sites for hydroxylation is 1. The van der Waals surface area contributed by atoms with Gasteiger partial charge in [-0.2, -0.15) is 0 Å². The van der Waals surface area contributed by atoms with Gasteiger partial charge in [0.05, 0.1) is 89.5 Å². The molecule has 9 N–H and O–H groups in total. The molecule has 6 aromatic rings. The summed E-state index contributed by atoms with van der Waals surface area (Å²) in [4.78, 5) is 144. The minimum absolute atomic E-state index is 0.000322. The number of aromatic amines is 1. The van der Waals surface area contributed by atoms with Gasteiger partial charge in [-0.1, -0.05) is 44.2 Å². The van der Waals surface area contributed by atoms with Crippen LogP contribution in [0.1, 0.15) is 76.6 Å². The lowest BCUT2D eigenvalue weighted by atomic mass is 9.89. The minimum Gasteiger partial charge on any atom is -0.491 e. The number of benzene rings is 4. The van der Waals surface area contributed by atoms with E-state index < -0.39 is 84.2 Å². The number of halogens is 1. The molecule has 2 aliphatic rings. The molecule has 0 aliphatic carbocycles. The molecule has 2 aromatic heterocycles. The zero-order chi connectivity index (χ0) is 74.0. The summed E-state index contributed by atoms with van der Waals surface area (Å²) in [5.41, 5.74) is 9.29. The van der Waals surface area contributed by atoms with Gasteiger partial charge in [0, 0.05) is 104 Å². The first-order valence-corrected chi connectivity index (χ1v) is 34.0. The number of H-pyrrole nitrogens is 1. The number of aromatic nitrogens is 2. The Kier molecular flexibility index (Phi) is 29.9. The summed E-state index contributed by atoms with van der Waals surface area (Å²) < 4.78 is 44.3. The third kappa shape index (κ3) is 22.6. The number of hydrogen-bond acceptors (Lipinski definition) is 21. The van der Waals surface area contributed by atoms with Gasteiger partial charge in [0.2, 0.25) is 5.91 Å². The van der Waals surface area contributed by atoms with Crippen LogP contribution in [-0.2, 0) is 54.2 Å². The molecule has 0 spiro atoms. The number of pyridine rings is 1. The molecule has 103 heavy (non-hydrogen) atoms. The second-order valence-electron chi connectivity index (χ2n) is 24.3. The van der Waals surface area contributed by atoms with Gasteiger partial charge in [-0.15, -0.1) is 11.6 Å². The van der Waals surface area contributed by atoms with E-state index in [1.807, 2.05) is 25.1 Å². The van der Waals surface area contributed by atoms with Gasteiger partial charge in [-0.25, -0.2) is 29.1 Å². The molecule has 32 heteroatoms. The number of nitrogens with one attached hydrogen (secondary N) is 5. The number of carbonyl (C=O) groups excluding carboxylic acids is 10. The molecule has 10 amide bonds. The lowest BCUT2D eigenvalue weighted by Crippen LogP contribution is -2.47. The zero-order valence-electron chi connectivity index (χ0n) is 57.6. The number of carbonyl (C=O) groups is 10. The number of alkyl carbamates (subject to hydrolysis) is 1. The number of anilines is 3. The number of likely N-dealkylation sites (N-methyl/N-ethyl adjacent to an activating group) is 1. The Labute approximate surface area is 598 Å². The van der Waals surface area contributed by atoms with Crippen molar-refractivity contribution < 1.29 is 96.1 Å². The van der Waals surface area contributed by atoms with Crippen LogP contribution >= 0.6 is 11.6 Å². The summed E-state index contributed by atoms with van der Waals surface area (Å²) in [6, 6.07) is 21.6. The number of alkyl halides is 1. The summed E-state index contributed by atoms with van der Waals surface area (Å²) in [5.74, 6) is -3.88. The van der Waals surface area contributed by atoms with E-state index in [2.05, 4.69) is 31.2 Å². The third-order valence-corrected chi connectivity index (χ3v) is 17.0. The number of fused-ring (bicyclic) bond motifs is 4. The van der Waals surface area contributed by atoms with Crippen LogP contribution in [0, 0.1) is 18.8 Å². The first-order valence-electron chi connectivity index (χ1n) is 33.4. The maximum absolute atomic E-state index is 14.8. The van der Waals surface area contributed by atoms with Gasteiger partial charge >= 0.3 is 24.3 Å². The van der Waals surface area contributed by atoms with Crippen molar-refractivity contribution in [1.29, 1.82) is 0 Å². The Bertz CT molecular complexity index is 3970. The van der Waals surface area contributed by atoms with Crippen LogP contribution in [0.3, 0.4) is 0 Å². The van der Waals surface area contributed by atoms with Crippen molar-refractivity contribution in [2.75, 3.05) is 141 Å². The fourth-order valence-corrected chi connectivity index (χ4v) is 11.5. The molecule has 3 atom stereocenters. The Morgan fingerprint density at radius 2 is 1.47 bits per heavy atom. The van der Waals surface area contributed by atoms with E-state index in [1.165, 1.54) is 23.0 Å². The van der Waals surface area contributed by atoms with E-state index in [0.29, 0.717) is 82.5 Å². The molecule has 4 heterocycles. The average molecular weight is 1450 g/mol. The highest BCUT2D eigenvalue weighted by Crippen LogP contribution is 2.47. The number of amides is 10. The van der Waals surface area contributed by atoms with Crippen LogP contribution in [0.5, 0.6) is 11.5 Å². The van der Waals surface area contributed by atoms with Gasteiger partial charge < -0.3 is 94.8 Å². The fraction of sp³-hybridized carbons (Fsp3) is 0.423. The van der Waals surface area contributed by atoms with E-state index in [-0.39, 0.29) is 127 Å².